The molecule has 0 rings (SSSR count). The van der Waals surface area contributed by atoms with Crippen molar-refractivity contribution in [2.24, 2.45) is 9.98 Å². The van der Waals surface area contributed by atoms with Crippen LogP contribution in [0.5, 0.6) is 0 Å². The molecule has 0 bridgehead atoms. The van der Waals surface area contributed by atoms with Crippen molar-refractivity contribution >= 4 is 30.5 Å². The van der Waals surface area contributed by atoms with Gasteiger partial charge in [0.2, 0.25) is 0 Å². The quantitative estimate of drug-likeness (QED) is 0.222. The molecule has 0 N–H and O–H groups in total. The van der Waals surface area contributed by atoms with Crippen LogP contribution in [0.3, 0.4) is 0 Å². The van der Waals surface area contributed by atoms with Crippen LogP contribution in [0.2, 0.25) is 0 Å². The third kappa shape index (κ3) is 17.1. The van der Waals surface area contributed by atoms with E-state index in [4.69, 9.17) is 35.3 Å². The van der Waals surface area contributed by atoms with Crippen LogP contribution in [0.4, 0.5) is 4.79 Å². The van der Waals surface area contributed by atoms with Crippen LogP contribution in [0.15, 0.2) is 9.98 Å². The van der Waals surface area contributed by atoms with Gasteiger partial charge in [0.1, 0.15) is 6.10 Å². The Morgan fingerprint density at radius 2 is 1.26 bits per heavy atom. The molecule has 0 aliphatic rings. The number of carbonyl (C=O) groups excluding carboxylic acids is 1. The number of ether oxygens (including phenoxy) is 5. The number of halogens is 1. The summed E-state index contributed by atoms with van der Waals surface area (Å²) in [5.74, 6) is 0. The number of nitrogens with zero attached hydrogens (tertiary/aromatic N) is 2. The van der Waals surface area contributed by atoms with E-state index in [-0.39, 0.29) is 13.2 Å². The highest BCUT2D eigenvalue weighted by Gasteiger charge is 2.13. The van der Waals surface area contributed by atoms with E-state index >= 15 is 0 Å². The maximum Gasteiger partial charge on any atom is 0.404 e. The Labute approximate surface area is 141 Å². The first-order valence-electron chi connectivity index (χ1n) is 7.22. The normalized spacial score (nSPS) is 10.7. The van der Waals surface area contributed by atoms with Crippen LogP contribution in [-0.2, 0) is 23.7 Å². The van der Waals surface area contributed by atoms with Gasteiger partial charge in [-0.15, -0.1) is 0 Å². The Morgan fingerprint density at radius 3 is 1.65 bits per heavy atom. The van der Waals surface area contributed by atoms with Gasteiger partial charge in [-0.3, -0.25) is 9.98 Å². The minimum absolute atomic E-state index is 0.169. The Hall–Kier alpha value is -1.06. The van der Waals surface area contributed by atoms with E-state index in [2.05, 4.69) is 23.4 Å². The minimum Gasteiger partial charge on any atom is -0.445 e. The highest BCUT2D eigenvalue weighted by molar-refractivity contribution is 6.61. The standard InChI is InChI=1S/C14H25ClN2O6/c1-16-3-5-19-7-9-21-11-13(23-14(15)18)12-22-10-8-20-6-4-17-2/h13H,1-12H2. The molecule has 9 heteroatoms. The largest absolute Gasteiger partial charge is 0.445 e. The van der Waals surface area contributed by atoms with Crippen molar-refractivity contribution in [2.75, 3.05) is 65.9 Å². The zero-order chi connectivity index (χ0) is 17.2. The SMILES string of the molecule is C=NCCOCCOCC(COCCOCCN=C)OC(=O)Cl. The van der Waals surface area contributed by atoms with Crippen LogP contribution in [0.1, 0.15) is 0 Å². The molecule has 0 aromatic heterocycles. The number of rotatable bonds is 17. The molecular weight excluding hydrogens is 328 g/mol. The average Bonchev–Trinajstić information content (AvgIpc) is 2.52. The molecule has 0 saturated heterocycles. The summed E-state index contributed by atoms with van der Waals surface area (Å²) in [4.78, 5) is 18.1. The summed E-state index contributed by atoms with van der Waals surface area (Å²) in [5, 5.41) is 0. The second-order valence-corrected chi connectivity index (χ2v) is 4.56. The van der Waals surface area contributed by atoms with Crippen molar-refractivity contribution in [1.82, 2.24) is 0 Å². The summed E-state index contributed by atoms with van der Waals surface area (Å²) in [6.45, 7) is 10.7. The summed E-state index contributed by atoms with van der Waals surface area (Å²) in [5.41, 5.74) is -0.899. The first kappa shape index (κ1) is 21.9. The zero-order valence-corrected chi connectivity index (χ0v) is 14.0. The molecule has 8 nitrogen and oxygen atoms in total. The van der Waals surface area contributed by atoms with Crippen molar-refractivity contribution in [3.8, 4) is 0 Å². The maximum absolute atomic E-state index is 10.8. The predicted octanol–water partition coefficient (Wildman–Crippen LogP) is 1.20. The molecule has 0 unspecified atom stereocenters. The van der Waals surface area contributed by atoms with Crippen LogP contribution in [-0.4, -0.2) is 90.9 Å². The molecule has 0 fully saturated rings. The van der Waals surface area contributed by atoms with Crippen molar-refractivity contribution in [2.45, 2.75) is 6.10 Å². The van der Waals surface area contributed by atoms with E-state index in [1.807, 2.05) is 0 Å². The predicted molar refractivity (Wildman–Crippen MR) is 88.2 cm³/mol. The van der Waals surface area contributed by atoms with Gasteiger partial charge in [-0.2, -0.15) is 0 Å². The Balaban J connectivity index is 3.65. The summed E-state index contributed by atoms with van der Waals surface area (Å²) in [6.07, 6.45) is -0.579. The number of hydrogen-bond donors (Lipinski definition) is 0. The highest BCUT2D eigenvalue weighted by atomic mass is 35.5. The van der Waals surface area contributed by atoms with Crippen molar-refractivity contribution in [1.29, 1.82) is 0 Å². The van der Waals surface area contributed by atoms with Crippen molar-refractivity contribution in [3.63, 3.8) is 0 Å². The fraction of sp³-hybridized carbons (Fsp3) is 0.786. The van der Waals surface area contributed by atoms with Gasteiger partial charge in [-0.25, -0.2) is 4.79 Å². The van der Waals surface area contributed by atoms with Gasteiger partial charge in [-0.1, -0.05) is 0 Å². The topological polar surface area (TPSA) is 87.9 Å². The van der Waals surface area contributed by atoms with Gasteiger partial charge in [0.05, 0.1) is 65.9 Å². The lowest BCUT2D eigenvalue weighted by molar-refractivity contribution is -0.0415. The molecule has 23 heavy (non-hydrogen) atoms. The van der Waals surface area contributed by atoms with E-state index in [1.54, 1.807) is 0 Å². The Kier molecular flexibility index (Phi) is 16.5. The Morgan fingerprint density at radius 1 is 0.826 bits per heavy atom. The lowest BCUT2D eigenvalue weighted by atomic mass is 10.4. The van der Waals surface area contributed by atoms with Crippen LogP contribution < -0.4 is 0 Å². The molecule has 134 valence electrons. The van der Waals surface area contributed by atoms with E-state index in [1.165, 1.54) is 0 Å². The van der Waals surface area contributed by atoms with Gasteiger partial charge in [0.25, 0.3) is 0 Å². The monoisotopic (exact) mass is 352 g/mol. The highest BCUT2D eigenvalue weighted by Crippen LogP contribution is 2.00. The van der Waals surface area contributed by atoms with E-state index in [9.17, 15) is 4.79 Å². The molecule has 0 atom stereocenters. The molecule has 0 spiro atoms. The van der Waals surface area contributed by atoms with Gasteiger partial charge < -0.3 is 23.7 Å². The summed E-state index contributed by atoms with van der Waals surface area (Å²) >= 11 is 5.21. The summed E-state index contributed by atoms with van der Waals surface area (Å²) in [7, 11) is 0. The zero-order valence-electron chi connectivity index (χ0n) is 13.3. The van der Waals surface area contributed by atoms with Crippen molar-refractivity contribution < 1.29 is 28.5 Å². The van der Waals surface area contributed by atoms with Gasteiger partial charge in [0.15, 0.2) is 0 Å². The number of hydrogen-bond acceptors (Lipinski definition) is 8. The van der Waals surface area contributed by atoms with Crippen molar-refractivity contribution in [3.05, 3.63) is 0 Å². The maximum atomic E-state index is 10.8. The molecule has 0 aliphatic heterocycles. The molecule has 0 heterocycles. The molecule has 0 radical (unpaired) electrons. The smallest absolute Gasteiger partial charge is 0.404 e. The second kappa shape index (κ2) is 17.3. The molecule has 0 aliphatic carbocycles. The van der Waals surface area contributed by atoms with Crippen LogP contribution in [0, 0.1) is 0 Å². The van der Waals surface area contributed by atoms with Crippen LogP contribution in [0.25, 0.3) is 0 Å². The summed E-state index contributed by atoms with van der Waals surface area (Å²) < 4.78 is 26.0. The number of aliphatic imine (C=N–C) groups is 2. The lowest BCUT2D eigenvalue weighted by Crippen LogP contribution is -2.28. The molecule has 0 aromatic rings. The molecule has 0 saturated carbocycles. The van der Waals surface area contributed by atoms with E-state index in [0.29, 0.717) is 52.7 Å². The lowest BCUT2D eigenvalue weighted by Gasteiger charge is -2.16. The third-order valence-corrected chi connectivity index (χ3v) is 2.49. The molecule has 0 aromatic carbocycles. The molecular formula is C14H25ClN2O6. The van der Waals surface area contributed by atoms with Gasteiger partial charge in [0, 0.05) is 11.6 Å². The second-order valence-electron chi connectivity index (χ2n) is 4.25. The summed E-state index contributed by atoms with van der Waals surface area (Å²) in [6, 6.07) is 0. The Bertz CT molecular complexity index is 298. The number of carbonyl (C=O) groups is 1. The fourth-order valence-electron chi connectivity index (χ4n) is 1.37. The first-order valence-corrected chi connectivity index (χ1v) is 7.60. The first-order chi connectivity index (χ1) is 11.2. The van der Waals surface area contributed by atoms with Crippen LogP contribution >= 0.6 is 11.6 Å². The minimum atomic E-state index is -0.899. The average molecular weight is 353 g/mol. The third-order valence-electron chi connectivity index (χ3n) is 2.40. The van der Waals surface area contributed by atoms with Gasteiger partial charge >= 0.3 is 5.43 Å². The van der Waals surface area contributed by atoms with Gasteiger partial charge in [-0.05, 0) is 13.4 Å². The van der Waals surface area contributed by atoms with E-state index in [0.717, 1.165) is 0 Å². The fourth-order valence-corrected chi connectivity index (χ4v) is 1.50. The molecule has 0 amide bonds. The van der Waals surface area contributed by atoms with E-state index < -0.39 is 11.5 Å².